The molecule has 5 nitrogen and oxygen atoms in total. The number of rotatable bonds is 5. The molecule has 0 aliphatic rings. The summed E-state index contributed by atoms with van der Waals surface area (Å²) in [6.07, 6.45) is 1.09. The Morgan fingerprint density at radius 2 is 1.55 bits per heavy atom. The molecule has 0 aliphatic carbocycles. The summed E-state index contributed by atoms with van der Waals surface area (Å²) in [4.78, 5) is 13.1. The predicted octanol–water partition coefficient (Wildman–Crippen LogP) is 4.36. The van der Waals surface area contributed by atoms with E-state index in [1.165, 1.54) is 12.1 Å². The number of carbonyl (C=O) groups excluding carboxylic acids is 1. The lowest BCUT2D eigenvalue weighted by atomic mass is 10.0. The SMILES string of the molecule is CS(=O)(=O)c1ccccc1C(=O)N[C@H](c1ccccc1)c1cc2ccccc2o1. The fraction of sp³-hybridized carbons (Fsp3) is 0.0870. The van der Waals surface area contributed by atoms with E-state index < -0.39 is 21.8 Å². The molecule has 1 atom stereocenters. The van der Waals surface area contributed by atoms with Crippen LogP contribution in [0.4, 0.5) is 0 Å². The Hall–Kier alpha value is -3.38. The number of sulfone groups is 1. The summed E-state index contributed by atoms with van der Waals surface area (Å²) in [6, 6.07) is 24.5. The molecule has 4 rings (SSSR count). The standard InChI is InChI=1S/C23H19NO4S/c1-29(26,27)21-14-8-6-12-18(21)23(25)24-22(16-9-3-2-4-10-16)20-15-17-11-5-7-13-19(17)28-20/h2-15,22H,1H3,(H,24,25)/t22-/m1/s1. The lowest BCUT2D eigenvalue weighted by molar-refractivity contribution is 0.0936. The number of benzene rings is 3. The first-order valence-corrected chi connectivity index (χ1v) is 11.0. The lowest BCUT2D eigenvalue weighted by Gasteiger charge is -2.18. The van der Waals surface area contributed by atoms with E-state index in [1.54, 1.807) is 12.1 Å². The van der Waals surface area contributed by atoms with Crippen molar-refractivity contribution in [2.75, 3.05) is 6.26 Å². The van der Waals surface area contributed by atoms with E-state index in [-0.39, 0.29) is 10.5 Å². The molecule has 29 heavy (non-hydrogen) atoms. The first-order valence-electron chi connectivity index (χ1n) is 9.07. The Bertz CT molecular complexity index is 1240. The van der Waals surface area contributed by atoms with E-state index in [9.17, 15) is 13.2 Å². The molecule has 1 N–H and O–H groups in total. The van der Waals surface area contributed by atoms with Gasteiger partial charge in [0.25, 0.3) is 5.91 Å². The van der Waals surface area contributed by atoms with Crippen LogP contribution in [-0.4, -0.2) is 20.6 Å². The van der Waals surface area contributed by atoms with Crippen LogP contribution in [0.5, 0.6) is 0 Å². The summed E-state index contributed by atoms with van der Waals surface area (Å²) in [7, 11) is -3.55. The molecule has 146 valence electrons. The number of nitrogens with one attached hydrogen (secondary N) is 1. The molecular weight excluding hydrogens is 386 g/mol. The van der Waals surface area contributed by atoms with Gasteiger partial charge in [-0.05, 0) is 29.8 Å². The zero-order chi connectivity index (χ0) is 20.4. The summed E-state index contributed by atoms with van der Waals surface area (Å²) in [6.45, 7) is 0. The van der Waals surface area contributed by atoms with E-state index in [2.05, 4.69) is 5.32 Å². The number of furan rings is 1. The third-order valence-corrected chi connectivity index (χ3v) is 5.82. The first kappa shape index (κ1) is 19.0. The molecule has 1 heterocycles. The maximum atomic E-state index is 13.1. The van der Waals surface area contributed by atoms with Gasteiger partial charge in [0.05, 0.1) is 10.5 Å². The Balaban J connectivity index is 1.77. The minimum absolute atomic E-state index is 0.00563. The van der Waals surface area contributed by atoms with Crippen LogP contribution < -0.4 is 5.32 Å². The van der Waals surface area contributed by atoms with Crippen LogP contribution in [0.3, 0.4) is 0 Å². The van der Waals surface area contributed by atoms with E-state index in [0.29, 0.717) is 11.3 Å². The van der Waals surface area contributed by atoms with Gasteiger partial charge in [0.1, 0.15) is 17.4 Å². The highest BCUT2D eigenvalue weighted by molar-refractivity contribution is 7.90. The molecule has 0 bridgehead atoms. The number of carbonyl (C=O) groups is 1. The number of amides is 1. The van der Waals surface area contributed by atoms with Crippen molar-refractivity contribution in [3.63, 3.8) is 0 Å². The van der Waals surface area contributed by atoms with Gasteiger partial charge in [0.2, 0.25) is 0 Å². The van der Waals surface area contributed by atoms with Crippen LogP contribution in [0, 0.1) is 0 Å². The van der Waals surface area contributed by atoms with E-state index in [4.69, 9.17) is 4.42 Å². The minimum atomic E-state index is -3.55. The average Bonchev–Trinajstić information content (AvgIpc) is 3.15. The molecule has 0 saturated carbocycles. The van der Waals surface area contributed by atoms with Crippen LogP contribution in [0.2, 0.25) is 0 Å². The molecule has 4 aromatic rings. The maximum absolute atomic E-state index is 13.1. The summed E-state index contributed by atoms with van der Waals surface area (Å²) in [5.74, 6) is 0.0860. The van der Waals surface area contributed by atoms with E-state index in [1.807, 2.05) is 60.7 Å². The van der Waals surface area contributed by atoms with Gasteiger partial charge in [-0.3, -0.25) is 4.79 Å². The van der Waals surface area contributed by atoms with Crippen LogP contribution in [0.25, 0.3) is 11.0 Å². The molecule has 3 aromatic carbocycles. The molecule has 0 radical (unpaired) electrons. The average molecular weight is 405 g/mol. The molecule has 1 amide bonds. The summed E-state index contributed by atoms with van der Waals surface area (Å²) >= 11 is 0. The molecule has 0 spiro atoms. The zero-order valence-electron chi connectivity index (χ0n) is 15.7. The number of hydrogen-bond acceptors (Lipinski definition) is 4. The van der Waals surface area contributed by atoms with Crippen molar-refractivity contribution in [2.45, 2.75) is 10.9 Å². The second-order valence-electron chi connectivity index (χ2n) is 6.77. The summed E-state index contributed by atoms with van der Waals surface area (Å²) < 4.78 is 30.2. The molecule has 0 aliphatic heterocycles. The highest BCUT2D eigenvalue weighted by Crippen LogP contribution is 2.29. The van der Waals surface area contributed by atoms with Crippen molar-refractivity contribution in [1.29, 1.82) is 0 Å². The molecule has 0 saturated heterocycles. The fourth-order valence-electron chi connectivity index (χ4n) is 3.30. The lowest BCUT2D eigenvalue weighted by Crippen LogP contribution is -2.30. The highest BCUT2D eigenvalue weighted by atomic mass is 32.2. The quantitative estimate of drug-likeness (QED) is 0.535. The Kier molecular flexibility index (Phi) is 4.94. The zero-order valence-corrected chi connectivity index (χ0v) is 16.5. The third-order valence-electron chi connectivity index (χ3n) is 4.67. The number of hydrogen-bond donors (Lipinski definition) is 1. The van der Waals surface area contributed by atoms with Gasteiger partial charge in [-0.15, -0.1) is 0 Å². The van der Waals surface area contributed by atoms with Crippen molar-refractivity contribution in [2.24, 2.45) is 0 Å². The molecule has 0 fully saturated rings. The van der Waals surface area contributed by atoms with Gasteiger partial charge in [-0.1, -0.05) is 60.7 Å². The largest absolute Gasteiger partial charge is 0.459 e. The van der Waals surface area contributed by atoms with Crippen LogP contribution >= 0.6 is 0 Å². The Morgan fingerprint density at radius 3 is 2.28 bits per heavy atom. The van der Waals surface area contributed by atoms with Gasteiger partial charge in [0, 0.05) is 11.6 Å². The summed E-state index contributed by atoms with van der Waals surface area (Å²) in [5, 5.41) is 3.87. The Morgan fingerprint density at radius 1 is 0.897 bits per heavy atom. The number of fused-ring (bicyclic) bond motifs is 1. The minimum Gasteiger partial charge on any atom is -0.459 e. The van der Waals surface area contributed by atoms with Gasteiger partial charge in [-0.25, -0.2) is 8.42 Å². The van der Waals surface area contributed by atoms with Crippen LogP contribution in [0.15, 0.2) is 94.2 Å². The van der Waals surface area contributed by atoms with Gasteiger partial charge in [0.15, 0.2) is 9.84 Å². The van der Waals surface area contributed by atoms with Crippen molar-refractivity contribution in [3.05, 3.63) is 102 Å². The monoisotopic (exact) mass is 405 g/mol. The van der Waals surface area contributed by atoms with Gasteiger partial charge < -0.3 is 9.73 Å². The summed E-state index contributed by atoms with van der Waals surface area (Å²) in [5.41, 5.74) is 1.65. The Labute approximate surface area is 168 Å². The highest BCUT2D eigenvalue weighted by Gasteiger charge is 2.24. The smallest absolute Gasteiger partial charge is 0.253 e. The van der Waals surface area contributed by atoms with E-state index in [0.717, 1.165) is 17.2 Å². The van der Waals surface area contributed by atoms with Crippen molar-refractivity contribution < 1.29 is 17.6 Å². The van der Waals surface area contributed by atoms with Crippen LogP contribution in [-0.2, 0) is 9.84 Å². The number of para-hydroxylation sites is 1. The molecule has 0 unspecified atom stereocenters. The normalized spacial score (nSPS) is 12.6. The second kappa shape index (κ2) is 7.56. The fourth-order valence-corrected chi connectivity index (χ4v) is 4.18. The van der Waals surface area contributed by atoms with E-state index >= 15 is 0 Å². The molecular formula is C23H19NO4S. The predicted molar refractivity (Wildman–Crippen MR) is 112 cm³/mol. The second-order valence-corrected chi connectivity index (χ2v) is 8.76. The van der Waals surface area contributed by atoms with Gasteiger partial charge in [-0.2, -0.15) is 0 Å². The first-order chi connectivity index (χ1) is 13.9. The maximum Gasteiger partial charge on any atom is 0.253 e. The molecule has 6 heteroatoms. The third kappa shape index (κ3) is 3.93. The van der Waals surface area contributed by atoms with Crippen LogP contribution in [0.1, 0.15) is 27.7 Å². The van der Waals surface area contributed by atoms with Crippen molar-refractivity contribution >= 4 is 26.7 Å². The molecule has 1 aromatic heterocycles. The topological polar surface area (TPSA) is 76.4 Å². The van der Waals surface area contributed by atoms with Gasteiger partial charge >= 0.3 is 0 Å². The van der Waals surface area contributed by atoms with Crippen molar-refractivity contribution in [1.82, 2.24) is 5.32 Å². The van der Waals surface area contributed by atoms with Crippen molar-refractivity contribution in [3.8, 4) is 0 Å².